The minimum absolute atomic E-state index is 0.176. The number of benzene rings is 1. The number of nitrogens with one attached hydrogen (secondary N) is 1. The number of nitrogens with zero attached hydrogens (tertiary/aromatic N) is 2. The number of fused-ring (bicyclic) bond motifs is 1. The van der Waals surface area contributed by atoms with Gasteiger partial charge in [-0.3, -0.25) is 24.7 Å². The lowest BCUT2D eigenvalue weighted by Crippen LogP contribution is -2.52. The Kier molecular flexibility index (Phi) is 4.00. The molecule has 1 aromatic heterocycles. The summed E-state index contributed by atoms with van der Waals surface area (Å²) in [5, 5.41) is 2.31. The second kappa shape index (κ2) is 6.34. The fraction of sp³-hybridized carbons (Fsp3) is 0.263. The number of carbonyl (C=O) groups excluding carboxylic acids is 3. The van der Waals surface area contributed by atoms with E-state index in [0.717, 1.165) is 22.4 Å². The van der Waals surface area contributed by atoms with Gasteiger partial charge in [0.25, 0.3) is 5.91 Å². The van der Waals surface area contributed by atoms with Crippen molar-refractivity contribution in [3.05, 3.63) is 53.2 Å². The van der Waals surface area contributed by atoms with Crippen LogP contribution in [-0.2, 0) is 22.7 Å². The largest absolute Gasteiger partial charge is 0.326 e. The van der Waals surface area contributed by atoms with Crippen molar-refractivity contribution in [3.63, 3.8) is 0 Å². The van der Waals surface area contributed by atoms with Gasteiger partial charge < -0.3 is 10.6 Å². The number of hydrogen-bond acceptors (Lipinski definition) is 5. The quantitative estimate of drug-likeness (QED) is 0.803. The highest BCUT2D eigenvalue weighted by Crippen LogP contribution is 2.30. The highest BCUT2D eigenvalue weighted by Gasteiger charge is 2.39. The first-order chi connectivity index (χ1) is 12.6. The molecule has 2 aromatic rings. The van der Waals surface area contributed by atoms with E-state index < -0.39 is 11.9 Å². The summed E-state index contributed by atoms with van der Waals surface area (Å²) < 4.78 is 0. The van der Waals surface area contributed by atoms with E-state index in [-0.39, 0.29) is 18.2 Å². The average Bonchev–Trinajstić information content (AvgIpc) is 2.98. The Bertz CT molecular complexity index is 925. The minimum atomic E-state index is -0.602. The SMILES string of the molecule is NCc1ccnc(-c2ccc3c(c2)CN(C2CCC(=O)NC2=O)C3=O)c1. The Labute approximate surface area is 150 Å². The van der Waals surface area contributed by atoms with Crippen LogP contribution in [0.3, 0.4) is 0 Å². The highest BCUT2D eigenvalue weighted by atomic mass is 16.2. The van der Waals surface area contributed by atoms with Crippen LogP contribution in [0, 0.1) is 0 Å². The lowest BCUT2D eigenvalue weighted by atomic mass is 10.0. The maximum Gasteiger partial charge on any atom is 0.255 e. The number of rotatable bonds is 3. The molecule has 0 radical (unpaired) electrons. The van der Waals surface area contributed by atoms with E-state index in [0.29, 0.717) is 25.1 Å². The molecule has 3 heterocycles. The van der Waals surface area contributed by atoms with Gasteiger partial charge in [-0.1, -0.05) is 6.07 Å². The highest BCUT2D eigenvalue weighted by molar-refractivity contribution is 6.05. The number of piperidine rings is 1. The van der Waals surface area contributed by atoms with Gasteiger partial charge >= 0.3 is 0 Å². The summed E-state index contributed by atoms with van der Waals surface area (Å²) in [6.45, 7) is 0.785. The summed E-state index contributed by atoms with van der Waals surface area (Å²) >= 11 is 0. The number of pyridine rings is 1. The molecule has 1 unspecified atom stereocenters. The first kappa shape index (κ1) is 16.4. The molecule has 0 bridgehead atoms. The van der Waals surface area contributed by atoms with E-state index in [1.54, 1.807) is 17.2 Å². The van der Waals surface area contributed by atoms with Gasteiger partial charge in [-0.25, -0.2) is 0 Å². The fourth-order valence-corrected chi connectivity index (χ4v) is 3.49. The van der Waals surface area contributed by atoms with Crippen LogP contribution in [0.4, 0.5) is 0 Å². The van der Waals surface area contributed by atoms with Gasteiger partial charge in [0.1, 0.15) is 6.04 Å². The average molecular weight is 350 g/mol. The molecule has 0 saturated carbocycles. The first-order valence-electron chi connectivity index (χ1n) is 8.50. The van der Waals surface area contributed by atoms with Gasteiger partial charge in [0.2, 0.25) is 11.8 Å². The van der Waals surface area contributed by atoms with Crippen molar-refractivity contribution in [1.82, 2.24) is 15.2 Å². The third kappa shape index (κ3) is 2.76. The Morgan fingerprint density at radius 3 is 2.81 bits per heavy atom. The third-order valence-corrected chi connectivity index (χ3v) is 4.88. The zero-order valence-electron chi connectivity index (χ0n) is 14.1. The van der Waals surface area contributed by atoms with Crippen molar-refractivity contribution in [2.75, 3.05) is 0 Å². The number of imide groups is 1. The molecule has 0 aliphatic carbocycles. The Morgan fingerprint density at radius 1 is 1.19 bits per heavy atom. The standard InChI is InChI=1S/C19H18N4O3/c20-9-11-5-6-21-15(7-11)12-1-2-14-13(8-12)10-23(19(14)26)16-3-4-17(24)22-18(16)25/h1-2,5-8,16H,3-4,9-10,20H2,(H,22,24,25). The minimum Gasteiger partial charge on any atom is -0.326 e. The van der Waals surface area contributed by atoms with Crippen LogP contribution in [0.1, 0.15) is 34.3 Å². The molecule has 4 rings (SSSR count). The van der Waals surface area contributed by atoms with Crippen LogP contribution in [-0.4, -0.2) is 33.6 Å². The topological polar surface area (TPSA) is 105 Å². The maximum absolute atomic E-state index is 12.7. The van der Waals surface area contributed by atoms with Gasteiger partial charge in [-0.2, -0.15) is 0 Å². The summed E-state index contributed by atoms with van der Waals surface area (Å²) in [4.78, 5) is 42.1. The van der Waals surface area contributed by atoms with E-state index in [1.165, 1.54) is 0 Å². The van der Waals surface area contributed by atoms with Crippen LogP contribution in [0.2, 0.25) is 0 Å². The Balaban J connectivity index is 1.62. The number of aromatic nitrogens is 1. The molecule has 7 nitrogen and oxygen atoms in total. The Morgan fingerprint density at radius 2 is 2.04 bits per heavy atom. The van der Waals surface area contributed by atoms with Crippen molar-refractivity contribution in [2.45, 2.75) is 32.0 Å². The van der Waals surface area contributed by atoms with Crippen molar-refractivity contribution in [3.8, 4) is 11.3 Å². The number of nitrogens with two attached hydrogens (primary N) is 1. The van der Waals surface area contributed by atoms with E-state index in [9.17, 15) is 14.4 Å². The van der Waals surface area contributed by atoms with Gasteiger partial charge in [0, 0.05) is 36.8 Å². The molecule has 1 fully saturated rings. The van der Waals surface area contributed by atoms with Crippen LogP contribution in [0.25, 0.3) is 11.3 Å². The smallest absolute Gasteiger partial charge is 0.255 e. The third-order valence-electron chi connectivity index (χ3n) is 4.88. The zero-order valence-corrected chi connectivity index (χ0v) is 14.1. The first-order valence-corrected chi connectivity index (χ1v) is 8.50. The Hall–Kier alpha value is -3.06. The second-order valence-electron chi connectivity index (χ2n) is 6.53. The summed E-state index contributed by atoms with van der Waals surface area (Å²) in [6, 6.07) is 8.75. The molecule has 1 aromatic carbocycles. The molecular weight excluding hydrogens is 332 g/mol. The maximum atomic E-state index is 12.7. The van der Waals surface area contributed by atoms with Crippen LogP contribution < -0.4 is 11.1 Å². The summed E-state index contributed by atoms with van der Waals surface area (Å²) in [5.74, 6) is -0.867. The molecule has 2 aliphatic rings. The summed E-state index contributed by atoms with van der Waals surface area (Å²) in [7, 11) is 0. The molecule has 1 saturated heterocycles. The molecule has 26 heavy (non-hydrogen) atoms. The summed E-state index contributed by atoms with van der Waals surface area (Å²) in [5.41, 5.74) is 9.81. The molecule has 1 atom stereocenters. The van der Waals surface area contributed by atoms with E-state index in [1.807, 2.05) is 24.3 Å². The number of amides is 3. The number of carbonyl (C=O) groups is 3. The zero-order chi connectivity index (χ0) is 18.3. The molecular formula is C19H18N4O3. The van der Waals surface area contributed by atoms with Gasteiger partial charge in [-0.05, 0) is 41.8 Å². The van der Waals surface area contributed by atoms with Gasteiger partial charge in [-0.15, -0.1) is 0 Å². The normalized spacial score (nSPS) is 19.5. The molecule has 3 amide bonds. The van der Waals surface area contributed by atoms with E-state index in [2.05, 4.69) is 10.3 Å². The predicted octanol–water partition coefficient (Wildman–Crippen LogP) is 0.968. The van der Waals surface area contributed by atoms with E-state index in [4.69, 9.17) is 5.73 Å². The fourth-order valence-electron chi connectivity index (χ4n) is 3.49. The number of hydrogen-bond donors (Lipinski definition) is 2. The van der Waals surface area contributed by atoms with Crippen LogP contribution in [0.5, 0.6) is 0 Å². The summed E-state index contributed by atoms with van der Waals surface area (Å²) in [6.07, 6.45) is 2.32. The van der Waals surface area contributed by atoms with Crippen molar-refractivity contribution in [1.29, 1.82) is 0 Å². The van der Waals surface area contributed by atoms with Gasteiger partial charge in [0.15, 0.2) is 0 Å². The predicted molar refractivity (Wildman–Crippen MR) is 93.6 cm³/mol. The lowest BCUT2D eigenvalue weighted by Gasteiger charge is -2.29. The molecule has 0 spiro atoms. The second-order valence-corrected chi connectivity index (χ2v) is 6.53. The van der Waals surface area contributed by atoms with Crippen molar-refractivity contribution < 1.29 is 14.4 Å². The molecule has 7 heteroatoms. The molecule has 3 N–H and O–H groups in total. The van der Waals surface area contributed by atoms with Gasteiger partial charge in [0.05, 0.1) is 5.69 Å². The lowest BCUT2D eigenvalue weighted by molar-refractivity contribution is -0.136. The van der Waals surface area contributed by atoms with Crippen LogP contribution >= 0.6 is 0 Å². The van der Waals surface area contributed by atoms with Crippen molar-refractivity contribution in [2.24, 2.45) is 5.73 Å². The van der Waals surface area contributed by atoms with E-state index >= 15 is 0 Å². The molecule has 2 aliphatic heterocycles. The van der Waals surface area contributed by atoms with Crippen molar-refractivity contribution >= 4 is 17.7 Å². The van der Waals surface area contributed by atoms with Crippen LogP contribution in [0.15, 0.2) is 36.5 Å². The monoisotopic (exact) mass is 350 g/mol. The molecule has 132 valence electrons.